The minimum atomic E-state index is -0.782. The number of thiazole rings is 1. The smallest absolute Gasteiger partial charge is 0.338 e. The molecule has 0 spiro atoms. The summed E-state index contributed by atoms with van der Waals surface area (Å²) in [5, 5.41) is 0.513. The number of allylic oxidation sites excluding steroid dienone is 1. The van der Waals surface area contributed by atoms with Crippen LogP contribution in [0.25, 0.3) is 6.08 Å². The molecule has 200 valence electrons. The third kappa shape index (κ3) is 5.35. The van der Waals surface area contributed by atoms with E-state index < -0.39 is 12.0 Å². The van der Waals surface area contributed by atoms with E-state index in [0.717, 1.165) is 0 Å². The fourth-order valence-electron chi connectivity index (χ4n) is 4.27. The summed E-state index contributed by atoms with van der Waals surface area (Å²) in [6.07, 6.45) is 1.66. The molecule has 38 heavy (non-hydrogen) atoms. The van der Waals surface area contributed by atoms with Gasteiger partial charge in [-0.2, -0.15) is 0 Å². The van der Waals surface area contributed by atoms with Gasteiger partial charge in [-0.1, -0.05) is 29.0 Å². The maximum atomic E-state index is 13.9. The van der Waals surface area contributed by atoms with Crippen LogP contribution in [-0.2, 0) is 9.53 Å². The van der Waals surface area contributed by atoms with Gasteiger partial charge in [0, 0.05) is 10.6 Å². The number of esters is 1. The van der Waals surface area contributed by atoms with Crippen LogP contribution < -0.4 is 29.1 Å². The van der Waals surface area contributed by atoms with Crippen molar-refractivity contribution in [3.8, 4) is 17.2 Å². The first kappa shape index (κ1) is 27.5. The maximum Gasteiger partial charge on any atom is 0.338 e. The van der Waals surface area contributed by atoms with Crippen LogP contribution in [0.15, 0.2) is 57.5 Å². The number of ether oxygens (including phenoxy) is 4. The molecule has 1 aliphatic rings. The van der Waals surface area contributed by atoms with Crippen molar-refractivity contribution in [2.24, 2.45) is 4.99 Å². The lowest BCUT2D eigenvalue weighted by atomic mass is 9.95. The van der Waals surface area contributed by atoms with Crippen LogP contribution in [0.3, 0.4) is 0 Å². The van der Waals surface area contributed by atoms with Crippen molar-refractivity contribution in [1.29, 1.82) is 0 Å². The van der Waals surface area contributed by atoms with E-state index in [2.05, 4.69) is 4.99 Å². The van der Waals surface area contributed by atoms with Gasteiger partial charge in [-0.25, -0.2) is 9.79 Å². The number of fused-ring (bicyclic) bond motifs is 1. The van der Waals surface area contributed by atoms with Crippen molar-refractivity contribution in [3.63, 3.8) is 0 Å². The monoisotopic (exact) mass is 556 g/mol. The zero-order valence-corrected chi connectivity index (χ0v) is 23.6. The first-order valence-electron chi connectivity index (χ1n) is 12.1. The van der Waals surface area contributed by atoms with Gasteiger partial charge in [0.2, 0.25) is 0 Å². The molecule has 0 aliphatic carbocycles. The van der Waals surface area contributed by atoms with E-state index in [9.17, 15) is 9.59 Å². The Morgan fingerprint density at radius 3 is 2.50 bits per heavy atom. The summed E-state index contributed by atoms with van der Waals surface area (Å²) in [6.45, 7) is 7.50. The highest BCUT2D eigenvalue weighted by atomic mass is 35.5. The summed E-state index contributed by atoms with van der Waals surface area (Å²) in [7, 11) is 3.10. The van der Waals surface area contributed by atoms with Crippen molar-refractivity contribution in [2.75, 3.05) is 20.8 Å². The number of carbonyl (C=O) groups is 1. The number of rotatable bonds is 8. The summed E-state index contributed by atoms with van der Waals surface area (Å²) in [4.78, 5) is 32.1. The minimum Gasteiger partial charge on any atom is -0.496 e. The fraction of sp³-hybridized carbons (Fsp3) is 0.321. The van der Waals surface area contributed by atoms with Gasteiger partial charge < -0.3 is 18.9 Å². The molecule has 10 heteroatoms. The molecule has 1 aromatic heterocycles. The number of nitrogens with zero attached hydrogens (tertiary/aromatic N) is 2. The second kappa shape index (κ2) is 11.4. The predicted octanol–water partition coefficient (Wildman–Crippen LogP) is 4.26. The van der Waals surface area contributed by atoms with Crippen molar-refractivity contribution in [1.82, 2.24) is 4.57 Å². The van der Waals surface area contributed by atoms with Gasteiger partial charge in [0.05, 0.1) is 48.8 Å². The van der Waals surface area contributed by atoms with Crippen molar-refractivity contribution in [3.05, 3.63) is 83.5 Å². The van der Waals surface area contributed by atoms with Crippen LogP contribution >= 0.6 is 22.9 Å². The third-order valence-electron chi connectivity index (χ3n) is 5.86. The normalized spacial score (nSPS) is 15.3. The third-order valence-corrected chi connectivity index (χ3v) is 7.08. The van der Waals surface area contributed by atoms with Crippen LogP contribution in [-0.4, -0.2) is 37.5 Å². The van der Waals surface area contributed by atoms with Crippen molar-refractivity contribution < 1.29 is 23.7 Å². The number of methoxy groups -OCH3 is 2. The number of hydrogen-bond acceptors (Lipinski definition) is 8. The Morgan fingerprint density at radius 2 is 1.84 bits per heavy atom. The molecular weight excluding hydrogens is 528 g/mol. The summed E-state index contributed by atoms with van der Waals surface area (Å²) >= 11 is 7.43. The second-order valence-corrected chi connectivity index (χ2v) is 10.2. The Kier molecular flexibility index (Phi) is 8.28. The fourth-order valence-corrected chi connectivity index (χ4v) is 5.49. The Bertz CT molecular complexity index is 1590. The molecule has 0 saturated heterocycles. The van der Waals surface area contributed by atoms with Gasteiger partial charge in [0.15, 0.2) is 16.3 Å². The summed E-state index contributed by atoms with van der Waals surface area (Å²) in [6, 6.07) is 9.77. The van der Waals surface area contributed by atoms with Crippen LogP contribution in [0.2, 0.25) is 5.02 Å². The minimum absolute atomic E-state index is 0.0619. The van der Waals surface area contributed by atoms with E-state index >= 15 is 0 Å². The van der Waals surface area contributed by atoms with Crippen LogP contribution in [0.1, 0.15) is 44.9 Å². The molecular formula is C28H29ClN2O6S. The zero-order valence-electron chi connectivity index (χ0n) is 22.0. The van der Waals surface area contributed by atoms with Crippen molar-refractivity contribution >= 4 is 35.0 Å². The lowest BCUT2D eigenvalue weighted by Crippen LogP contribution is -2.40. The maximum absolute atomic E-state index is 13.9. The average Bonchev–Trinajstić information content (AvgIpc) is 3.17. The SMILES string of the molecule is CCOC(=O)C1=C(C)N=c2s/c(=C/c3cc(Cl)ccc3OC)c(=O)n2[C@H]1c1ccc(OC(C)C)c(OC)c1. The van der Waals surface area contributed by atoms with Gasteiger partial charge in [0.1, 0.15) is 5.75 Å². The Hall–Kier alpha value is -3.56. The second-order valence-electron chi connectivity index (χ2n) is 8.77. The molecule has 1 atom stereocenters. The molecule has 3 aromatic rings. The van der Waals surface area contributed by atoms with E-state index in [4.69, 9.17) is 30.5 Å². The van der Waals surface area contributed by atoms with Crippen LogP contribution in [0, 0.1) is 0 Å². The van der Waals surface area contributed by atoms with Crippen molar-refractivity contribution in [2.45, 2.75) is 39.8 Å². The number of benzene rings is 2. The molecule has 2 aromatic carbocycles. The molecule has 2 heterocycles. The molecule has 0 radical (unpaired) electrons. The molecule has 4 rings (SSSR count). The molecule has 0 fully saturated rings. The zero-order chi connectivity index (χ0) is 27.6. The van der Waals surface area contributed by atoms with Gasteiger partial charge >= 0.3 is 5.97 Å². The Balaban J connectivity index is 1.97. The van der Waals surface area contributed by atoms with Gasteiger partial charge in [-0.3, -0.25) is 9.36 Å². The van der Waals surface area contributed by atoms with E-state index in [-0.39, 0.29) is 23.8 Å². The molecule has 0 amide bonds. The topological polar surface area (TPSA) is 88.4 Å². The highest BCUT2D eigenvalue weighted by Crippen LogP contribution is 2.36. The Labute approximate surface area is 229 Å². The van der Waals surface area contributed by atoms with E-state index in [1.807, 2.05) is 19.9 Å². The summed E-state index contributed by atoms with van der Waals surface area (Å²) in [5.41, 5.74) is 1.76. The van der Waals surface area contributed by atoms with Crippen LogP contribution in [0.4, 0.5) is 0 Å². The van der Waals surface area contributed by atoms with Gasteiger partial charge in [0.25, 0.3) is 5.56 Å². The first-order valence-corrected chi connectivity index (χ1v) is 13.3. The molecule has 1 aliphatic heterocycles. The lowest BCUT2D eigenvalue weighted by Gasteiger charge is -2.25. The van der Waals surface area contributed by atoms with E-state index in [0.29, 0.717) is 48.4 Å². The number of aromatic nitrogens is 1. The summed E-state index contributed by atoms with van der Waals surface area (Å²) < 4.78 is 24.2. The van der Waals surface area contributed by atoms with Gasteiger partial charge in [-0.05, 0) is 69.7 Å². The highest BCUT2D eigenvalue weighted by molar-refractivity contribution is 7.07. The highest BCUT2D eigenvalue weighted by Gasteiger charge is 2.34. The van der Waals surface area contributed by atoms with Gasteiger partial charge in [-0.15, -0.1) is 0 Å². The first-order chi connectivity index (χ1) is 18.2. The van der Waals surface area contributed by atoms with E-state index in [1.54, 1.807) is 64.5 Å². The molecule has 0 saturated carbocycles. The molecule has 8 nitrogen and oxygen atoms in total. The lowest BCUT2D eigenvalue weighted by molar-refractivity contribution is -0.139. The van der Waals surface area contributed by atoms with Crippen LogP contribution in [0.5, 0.6) is 17.2 Å². The summed E-state index contributed by atoms with van der Waals surface area (Å²) in [5.74, 6) is 1.08. The number of halogens is 1. The van der Waals surface area contributed by atoms with E-state index in [1.165, 1.54) is 15.9 Å². The predicted molar refractivity (Wildman–Crippen MR) is 147 cm³/mol. The number of hydrogen-bond donors (Lipinski definition) is 0. The Morgan fingerprint density at radius 1 is 1.13 bits per heavy atom. The number of carbonyl (C=O) groups excluding carboxylic acids is 1. The largest absolute Gasteiger partial charge is 0.496 e. The molecule has 0 unspecified atom stereocenters. The standard InChI is InChI=1S/C28H29ClN2O6S/c1-7-36-27(33)24-16(4)30-28-31(25(24)17-8-10-21(37-15(2)3)22(13-17)35-6)26(32)23(38-28)14-18-12-19(29)9-11-20(18)34-5/h8-15,25H,7H2,1-6H3/b23-14+/t25-/m0/s1. The average molecular weight is 557 g/mol. The molecule has 0 bridgehead atoms. The molecule has 0 N–H and O–H groups in total. The quantitative estimate of drug-likeness (QED) is 0.385.